The molecule has 2 rings (SSSR count). The largest absolute Gasteiger partial charge is 0.494 e. The summed E-state index contributed by atoms with van der Waals surface area (Å²) in [4.78, 5) is 30.2. The van der Waals surface area contributed by atoms with Gasteiger partial charge in [0.15, 0.2) is 5.11 Å². The molecule has 0 unspecified atom stereocenters. The molecule has 2 aromatic rings. The molecule has 7 nitrogen and oxygen atoms in total. The van der Waals surface area contributed by atoms with Crippen molar-refractivity contribution < 1.29 is 5.11 Å². The van der Waals surface area contributed by atoms with Gasteiger partial charge in [0, 0.05) is 11.9 Å². The van der Waals surface area contributed by atoms with Crippen molar-refractivity contribution in [2.24, 2.45) is 4.99 Å². The summed E-state index contributed by atoms with van der Waals surface area (Å²) in [5, 5.41) is 12.4. The molecule has 0 saturated carbocycles. The topological polar surface area (TPSA) is 110 Å². The number of anilines is 1. The summed E-state index contributed by atoms with van der Waals surface area (Å²) in [5.74, 6) is -0.565. The van der Waals surface area contributed by atoms with E-state index in [1.165, 1.54) is 0 Å². The van der Waals surface area contributed by atoms with Crippen molar-refractivity contribution in [1.29, 1.82) is 0 Å². The van der Waals surface area contributed by atoms with Gasteiger partial charge in [0.25, 0.3) is 5.56 Å². The first-order valence-electron chi connectivity index (χ1n) is 5.52. The maximum absolute atomic E-state index is 11.4. The van der Waals surface area contributed by atoms with E-state index in [4.69, 9.17) is 12.2 Å². The molecule has 102 valence electrons. The number of H-pyrrole nitrogens is 2. The Morgan fingerprint density at radius 3 is 2.60 bits per heavy atom. The number of para-hydroxylation sites is 1. The zero-order valence-electron chi connectivity index (χ0n) is 10.1. The maximum Gasteiger partial charge on any atom is 0.328 e. The van der Waals surface area contributed by atoms with Gasteiger partial charge in [-0.25, -0.2) is 9.79 Å². The van der Waals surface area contributed by atoms with Crippen molar-refractivity contribution >= 4 is 29.2 Å². The molecule has 1 heterocycles. The molecule has 0 fully saturated rings. The number of hydrogen-bond acceptors (Lipinski definition) is 4. The van der Waals surface area contributed by atoms with Gasteiger partial charge in [-0.15, -0.1) is 0 Å². The van der Waals surface area contributed by atoms with E-state index in [2.05, 4.69) is 10.3 Å². The van der Waals surface area contributed by atoms with Crippen molar-refractivity contribution in [1.82, 2.24) is 9.97 Å². The maximum atomic E-state index is 11.4. The molecule has 1 aromatic heterocycles. The molecule has 0 aliphatic heterocycles. The lowest BCUT2D eigenvalue weighted by molar-refractivity contribution is 0.447. The van der Waals surface area contributed by atoms with E-state index in [9.17, 15) is 14.7 Å². The molecule has 0 aliphatic rings. The summed E-state index contributed by atoms with van der Waals surface area (Å²) in [6, 6.07) is 9.11. The summed E-state index contributed by atoms with van der Waals surface area (Å²) in [6.45, 7) is 0. The normalized spacial score (nSPS) is 10.6. The molecule has 0 aliphatic carbocycles. The van der Waals surface area contributed by atoms with Crippen LogP contribution in [0.3, 0.4) is 0 Å². The lowest BCUT2D eigenvalue weighted by Gasteiger charge is -2.02. The number of thiocarbonyl (C=S) groups is 1. The molecule has 8 heteroatoms. The molecule has 0 spiro atoms. The fourth-order valence-electron chi connectivity index (χ4n) is 1.40. The number of rotatable bonds is 2. The molecule has 0 saturated heterocycles. The van der Waals surface area contributed by atoms with Gasteiger partial charge in [0.2, 0.25) is 5.88 Å². The monoisotopic (exact) mass is 290 g/mol. The first kappa shape index (κ1) is 13.7. The van der Waals surface area contributed by atoms with Crippen LogP contribution >= 0.6 is 12.2 Å². The van der Waals surface area contributed by atoms with Crippen molar-refractivity contribution in [3.8, 4) is 5.88 Å². The Morgan fingerprint density at radius 2 is 1.95 bits per heavy atom. The van der Waals surface area contributed by atoms with Gasteiger partial charge in [0.1, 0.15) is 5.56 Å². The number of aromatic hydroxyl groups is 1. The molecular weight excluding hydrogens is 280 g/mol. The number of hydrogen-bond donors (Lipinski definition) is 4. The summed E-state index contributed by atoms with van der Waals surface area (Å²) in [6.07, 6.45) is 1.07. The van der Waals surface area contributed by atoms with E-state index in [1.54, 1.807) is 12.1 Å². The summed E-state index contributed by atoms with van der Waals surface area (Å²) in [5.41, 5.74) is -0.983. The molecular formula is C12H10N4O3S. The molecule has 0 bridgehead atoms. The van der Waals surface area contributed by atoms with Crippen LogP contribution in [-0.2, 0) is 0 Å². The Bertz CT molecular complexity index is 764. The van der Waals surface area contributed by atoms with Crippen LogP contribution in [0.5, 0.6) is 5.88 Å². The van der Waals surface area contributed by atoms with Crippen molar-refractivity contribution in [2.75, 3.05) is 5.32 Å². The minimum absolute atomic E-state index is 0.112. The van der Waals surface area contributed by atoms with Crippen LogP contribution in [0.1, 0.15) is 5.56 Å². The summed E-state index contributed by atoms with van der Waals surface area (Å²) >= 11 is 4.97. The lowest BCUT2D eigenvalue weighted by atomic mass is 10.3. The van der Waals surface area contributed by atoms with Crippen molar-refractivity contribution in [2.45, 2.75) is 0 Å². The van der Waals surface area contributed by atoms with Crippen LogP contribution in [0, 0.1) is 0 Å². The van der Waals surface area contributed by atoms with Crippen LogP contribution in [0.4, 0.5) is 5.69 Å². The van der Waals surface area contributed by atoms with Crippen molar-refractivity contribution in [3.05, 3.63) is 56.7 Å². The van der Waals surface area contributed by atoms with E-state index in [0.29, 0.717) is 0 Å². The van der Waals surface area contributed by atoms with Gasteiger partial charge < -0.3 is 10.4 Å². The molecule has 0 amide bonds. The Kier molecular flexibility index (Phi) is 4.06. The van der Waals surface area contributed by atoms with E-state index >= 15 is 0 Å². The average Bonchev–Trinajstić information content (AvgIpc) is 2.38. The number of aromatic nitrogens is 2. The highest BCUT2D eigenvalue weighted by atomic mass is 32.1. The molecule has 0 radical (unpaired) electrons. The quantitative estimate of drug-likeness (QED) is 0.478. The average molecular weight is 290 g/mol. The van der Waals surface area contributed by atoms with Gasteiger partial charge >= 0.3 is 5.69 Å². The molecule has 4 N–H and O–H groups in total. The third kappa shape index (κ3) is 3.39. The van der Waals surface area contributed by atoms with Crippen LogP contribution in [0.25, 0.3) is 0 Å². The first-order valence-corrected chi connectivity index (χ1v) is 5.93. The first-order chi connectivity index (χ1) is 9.56. The minimum Gasteiger partial charge on any atom is -0.494 e. The van der Waals surface area contributed by atoms with Gasteiger partial charge in [-0.05, 0) is 24.4 Å². The standard InChI is InChI=1S/C12H10N4O3S/c17-9-8(10(18)16-11(19)15-9)6-13-12(20)14-7-4-2-1-3-5-7/h1-6H,(H,14,20)(H3,15,16,17,18,19). The number of benzene rings is 1. The van der Waals surface area contributed by atoms with E-state index in [0.717, 1.165) is 11.9 Å². The van der Waals surface area contributed by atoms with Crippen LogP contribution < -0.4 is 16.6 Å². The molecule has 0 atom stereocenters. The number of nitrogens with zero attached hydrogens (tertiary/aromatic N) is 1. The highest BCUT2D eigenvalue weighted by molar-refractivity contribution is 7.80. The Balaban J connectivity index is 2.16. The van der Waals surface area contributed by atoms with Gasteiger partial charge in [-0.1, -0.05) is 18.2 Å². The fraction of sp³-hybridized carbons (Fsp3) is 0. The second-order valence-electron chi connectivity index (χ2n) is 3.72. The summed E-state index contributed by atoms with van der Waals surface area (Å²) in [7, 11) is 0. The van der Waals surface area contributed by atoms with Gasteiger partial charge in [-0.3, -0.25) is 14.8 Å². The van der Waals surface area contributed by atoms with Gasteiger partial charge in [0.05, 0.1) is 0 Å². The SMILES string of the molecule is O=c1[nH]c(O)c(C=NC(=S)Nc2ccccc2)c(=O)[nH]1. The highest BCUT2D eigenvalue weighted by Crippen LogP contribution is 2.06. The number of aromatic amines is 2. The zero-order valence-corrected chi connectivity index (χ0v) is 10.9. The zero-order chi connectivity index (χ0) is 14.5. The van der Waals surface area contributed by atoms with E-state index in [-0.39, 0.29) is 10.7 Å². The van der Waals surface area contributed by atoms with Crippen LogP contribution in [0.15, 0.2) is 44.9 Å². The summed E-state index contributed by atoms with van der Waals surface area (Å²) < 4.78 is 0. The van der Waals surface area contributed by atoms with Crippen molar-refractivity contribution in [3.63, 3.8) is 0 Å². The van der Waals surface area contributed by atoms with E-state index < -0.39 is 17.1 Å². The predicted molar refractivity (Wildman–Crippen MR) is 79.6 cm³/mol. The van der Waals surface area contributed by atoms with Crippen LogP contribution in [0.2, 0.25) is 0 Å². The van der Waals surface area contributed by atoms with Crippen LogP contribution in [-0.4, -0.2) is 26.4 Å². The second kappa shape index (κ2) is 5.93. The Morgan fingerprint density at radius 1 is 1.25 bits per heavy atom. The third-order valence-electron chi connectivity index (χ3n) is 2.29. The second-order valence-corrected chi connectivity index (χ2v) is 4.11. The number of nitrogens with one attached hydrogen (secondary N) is 3. The van der Waals surface area contributed by atoms with Gasteiger partial charge in [-0.2, -0.15) is 0 Å². The molecule has 1 aromatic carbocycles. The highest BCUT2D eigenvalue weighted by Gasteiger charge is 2.05. The smallest absolute Gasteiger partial charge is 0.328 e. The predicted octanol–water partition coefficient (Wildman–Crippen LogP) is 0.585. The minimum atomic E-state index is -0.797. The Labute approximate surface area is 118 Å². The third-order valence-corrected chi connectivity index (χ3v) is 2.50. The van der Waals surface area contributed by atoms with E-state index in [1.807, 2.05) is 28.2 Å². The number of aliphatic imine (C=N–C) groups is 1. The Hall–Kier alpha value is -2.74. The lowest BCUT2D eigenvalue weighted by Crippen LogP contribution is -2.25. The fourth-order valence-corrected chi connectivity index (χ4v) is 1.57. The molecule has 20 heavy (non-hydrogen) atoms.